The van der Waals surface area contributed by atoms with Gasteiger partial charge in [-0.1, -0.05) is 44.4 Å². The second-order valence-electron chi connectivity index (χ2n) is 7.86. The molecule has 2 heterocycles. The van der Waals surface area contributed by atoms with Crippen LogP contribution in [0.5, 0.6) is 0 Å². The van der Waals surface area contributed by atoms with Crippen molar-refractivity contribution < 1.29 is 0 Å². The predicted molar refractivity (Wildman–Crippen MR) is 115 cm³/mol. The number of anilines is 2. The topological polar surface area (TPSA) is 66.5 Å². The summed E-state index contributed by atoms with van der Waals surface area (Å²) in [6.45, 7) is 8.73. The van der Waals surface area contributed by atoms with Gasteiger partial charge in [-0.2, -0.15) is 5.10 Å². The average Bonchev–Trinajstić information content (AvgIpc) is 3.41. The van der Waals surface area contributed by atoms with Crippen molar-refractivity contribution in [1.82, 2.24) is 20.2 Å². The maximum absolute atomic E-state index is 5.65. The molecule has 0 unspecified atom stereocenters. The Kier molecular flexibility index (Phi) is 6.30. The van der Waals surface area contributed by atoms with Crippen molar-refractivity contribution in [2.45, 2.75) is 59.3 Å². The lowest BCUT2D eigenvalue weighted by molar-refractivity contribution is 0.642. The number of aromatic nitrogens is 4. The summed E-state index contributed by atoms with van der Waals surface area (Å²) in [5, 5.41) is 10.7. The zero-order valence-electron chi connectivity index (χ0n) is 17.2. The van der Waals surface area contributed by atoms with E-state index in [-0.39, 0.29) is 0 Å². The first-order valence-corrected chi connectivity index (χ1v) is 10.0. The molecule has 0 radical (unpaired) electrons. The van der Waals surface area contributed by atoms with E-state index in [4.69, 9.17) is 11.4 Å². The third kappa shape index (κ3) is 5.10. The number of allylic oxidation sites excluding steroid dienone is 4. The molecule has 0 saturated heterocycles. The third-order valence-corrected chi connectivity index (χ3v) is 4.77. The standard InChI is InChI=1S/C23H29N5/c1-6-17(9-8-16(5)12-15(3)4)22-24-14-18(7-2)23(26-22)25-21-13-20(27-28-21)19-10-11-19/h2,8-9,13-15,19H,6,10-12H2,1,3-5H3,(H2,24,25,26,27,28)/b16-8+,17-9+. The molecular formula is C23H29N5. The second kappa shape index (κ2) is 8.88. The maximum Gasteiger partial charge on any atom is 0.157 e. The number of rotatable bonds is 8. The summed E-state index contributed by atoms with van der Waals surface area (Å²) in [6.07, 6.45) is 16.0. The van der Waals surface area contributed by atoms with Crippen molar-refractivity contribution in [2.75, 3.05) is 5.32 Å². The number of hydrogen-bond donors (Lipinski definition) is 2. The molecule has 2 aromatic rings. The Morgan fingerprint density at radius 1 is 1.39 bits per heavy atom. The zero-order chi connectivity index (χ0) is 20.1. The minimum absolute atomic E-state index is 0.614. The van der Waals surface area contributed by atoms with E-state index in [1.54, 1.807) is 6.20 Å². The quantitative estimate of drug-likeness (QED) is 0.466. The highest BCUT2D eigenvalue weighted by molar-refractivity contribution is 5.66. The molecular weight excluding hydrogens is 346 g/mol. The summed E-state index contributed by atoms with van der Waals surface area (Å²) < 4.78 is 0. The average molecular weight is 376 g/mol. The third-order valence-electron chi connectivity index (χ3n) is 4.77. The normalized spacial score (nSPS) is 15.0. The summed E-state index contributed by atoms with van der Waals surface area (Å²) in [4.78, 5) is 9.19. The summed E-state index contributed by atoms with van der Waals surface area (Å²) in [7, 11) is 0. The van der Waals surface area contributed by atoms with E-state index in [0.717, 1.165) is 24.2 Å². The van der Waals surface area contributed by atoms with Crippen LogP contribution < -0.4 is 5.32 Å². The van der Waals surface area contributed by atoms with E-state index in [9.17, 15) is 0 Å². The van der Waals surface area contributed by atoms with Crippen LogP contribution in [0.15, 0.2) is 30.0 Å². The van der Waals surface area contributed by atoms with Crippen molar-refractivity contribution >= 4 is 17.2 Å². The Balaban J connectivity index is 1.84. The van der Waals surface area contributed by atoms with Crippen molar-refractivity contribution in [3.8, 4) is 12.3 Å². The highest BCUT2D eigenvalue weighted by Crippen LogP contribution is 2.39. The molecule has 0 atom stereocenters. The zero-order valence-corrected chi connectivity index (χ0v) is 17.2. The highest BCUT2D eigenvalue weighted by atomic mass is 15.2. The SMILES string of the molecule is C#Cc1cnc(/C(=C/C=C(\C)CC(C)C)CC)nc1Nc1cc(C2CC2)[nH]n1. The Labute approximate surface area is 167 Å². The van der Waals surface area contributed by atoms with Gasteiger partial charge in [-0.15, -0.1) is 6.42 Å². The molecule has 5 nitrogen and oxygen atoms in total. The number of H-pyrrole nitrogens is 1. The van der Waals surface area contributed by atoms with Gasteiger partial charge >= 0.3 is 0 Å². The van der Waals surface area contributed by atoms with Crippen LogP contribution in [0.4, 0.5) is 11.6 Å². The van der Waals surface area contributed by atoms with E-state index in [0.29, 0.717) is 29.0 Å². The summed E-state index contributed by atoms with van der Waals surface area (Å²) in [5.74, 6) is 5.96. The van der Waals surface area contributed by atoms with E-state index in [1.807, 2.05) is 6.07 Å². The Morgan fingerprint density at radius 2 is 2.18 bits per heavy atom. The Hall–Kier alpha value is -2.87. The van der Waals surface area contributed by atoms with Gasteiger partial charge in [0.1, 0.15) is 0 Å². The van der Waals surface area contributed by atoms with Crippen LogP contribution in [-0.2, 0) is 0 Å². The lowest BCUT2D eigenvalue weighted by atomic mass is 10.0. The summed E-state index contributed by atoms with van der Waals surface area (Å²) >= 11 is 0. The number of nitrogens with one attached hydrogen (secondary N) is 2. The molecule has 0 spiro atoms. The van der Waals surface area contributed by atoms with Crippen LogP contribution in [0.1, 0.15) is 76.4 Å². The molecule has 0 bridgehead atoms. The molecule has 0 amide bonds. The van der Waals surface area contributed by atoms with Gasteiger partial charge in [-0.3, -0.25) is 5.10 Å². The fourth-order valence-corrected chi connectivity index (χ4v) is 3.17. The van der Waals surface area contributed by atoms with Crippen LogP contribution in [0, 0.1) is 18.3 Å². The smallest absolute Gasteiger partial charge is 0.157 e. The number of terminal acetylenes is 1. The molecule has 0 aromatic carbocycles. The highest BCUT2D eigenvalue weighted by Gasteiger charge is 2.25. The predicted octanol–water partition coefficient (Wildman–Crippen LogP) is 5.59. The maximum atomic E-state index is 5.65. The van der Waals surface area contributed by atoms with Gasteiger partial charge in [0.25, 0.3) is 0 Å². The van der Waals surface area contributed by atoms with E-state index < -0.39 is 0 Å². The van der Waals surface area contributed by atoms with Crippen LogP contribution >= 0.6 is 0 Å². The molecule has 1 saturated carbocycles. The van der Waals surface area contributed by atoms with Crippen molar-refractivity contribution in [1.29, 1.82) is 0 Å². The Morgan fingerprint density at radius 3 is 2.82 bits per heavy atom. The lowest BCUT2D eigenvalue weighted by Gasteiger charge is -2.09. The summed E-state index contributed by atoms with van der Waals surface area (Å²) in [5.41, 5.74) is 4.22. The molecule has 146 valence electrons. The van der Waals surface area contributed by atoms with Crippen molar-refractivity contribution in [2.24, 2.45) is 5.92 Å². The largest absolute Gasteiger partial charge is 0.322 e. The minimum Gasteiger partial charge on any atom is -0.322 e. The molecule has 2 aromatic heterocycles. The molecule has 3 rings (SSSR count). The molecule has 5 heteroatoms. The molecule has 1 aliphatic carbocycles. The van der Waals surface area contributed by atoms with Crippen LogP contribution in [0.3, 0.4) is 0 Å². The summed E-state index contributed by atoms with van der Waals surface area (Å²) in [6, 6.07) is 2.04. The molecule has 1 aliphatic rings. The fraction of sp³-hybridized carbons (Fsp3) is 0.435. The van der Waals surface area contributed by atoms with Gasteiger partial charge in [-0.05, 0) is 44.1 Å². The van der Waals surface area contributed by atoms with E-state index in [2.05, 4.69) is 66.3 Å². The first-order chi connectivity index (χ1) is 13.5. The van der Waals surface area contributed by atoms with Gasteiger partial charge in [0.2, 0.25) is 0 Å². The van der Waals surface area contributed by atoms with Gasteiger partial charge < -0.3 is 5.32 Å². The van der Waals surface area contributed by atoms with Crippen molar-refractivity contribution in [3.05, 3.63) is 47.1 Å². The van der Waals surface area contributed by atoms with Gasteiger partial charge in [0.05, 0.1) is 5.56 Å². The van der Waals surface area contributed by atoms with Gasteiger partial charge in [0, 0.05) is 23.9 Å². The van der Waals surface area contributed by atoms with Gasteiger partial charge in [-0.25, -0.2) is 9.97 Å². The van der Waals surface area contributed by atoms with Crippen LogP contribution in [-0.4, -0.2) is 20.2 Å². The number of nitrogens with zero attached hydrogens (tertiary/aromatic N) is 3. The monoisotopic (exact) mass is 375 g/mol. The van der Waals surface area contributed by atoms with E-state index >= 15 is 0 Å². The lowest BCUT2D eigenvalue weighted by Crippen LogP contribution is -2.03. The van der Waals surface area contributed by atoms with Crippen LogP contribution in [0.25, 0.3) is 5.57 Å². The Bertz CT molecular complexity index is 923. The fourth-order valence-electron chi connectivity index (χ4n) is 3.17. The first kappa shape index (κ1) is 19.9. The minimum atomic E-state index is 0.614. The number of hydrogen-bond acceptors (Lipinski definition) is 4. The molecule has 2 N–H and O–H groups in total. The van der Waals surface area contributed by atoms with Crippen LogP contribution in [0.2, 0.25) is 0 Å². The first-order valence-electron chi connectivity index (χ1n) is 10.0. The van der Waals surface area contributed by atoms with E-state index in [1.165, 1.54) is 24.1 Å². The van der Waals surface area contributed by atoms with Gasteiger partial charge in [0.15, 0.2) is 17.5 Å². The molecule has 28 heavy (non-hydrogen) atoms. The molecule has 1 fully saturated rings. The van der Waals surface area contributed by atoms with Crippen molar-refractivity contribution in [3.63, 3.8) is 0 Å². The second-order valence-corrected chi connectivity index (χ2v) is 7.86. The molecule has 0 aliphatic heterocycles. The number of aromatic amines is 1.